The number of fused-ring (bicyclic) bond motifs is 1. The number of nitrogens with one attached hydrogen (secondary N) is 1. The van der Waals surface area contributed by atoms with Gasteiger partial charge >= 0.3 is 0 Å². The van der Waals surface area contributed by atoms with Gasteiger partial charge in [0, 0.05) is 40.6 Å². The van der Waals surface area contributed by atoms with E-state index in [1.165, 1.54) is 22.9 Å². The first kappa shape index (κ1) is 20.2. The van der Waals surface area contributed by atoms with Crippen LogP contribution in [0, 0.1) is 6.92 Å². The molecule has 4 nitrogen and oxygen atoms in total. The van der Waals surface area contributed by atoms with Gasteiger partial charge in [0.15, 0.2) is 5.78 Å². The molecule has 4 rings (SSSR count). The van der Waals surface area contributed by atoms with Crippen molar-refractivity contribution in [1.29, 1.82) is 0 Å². The molecule has 0 unspecified atom stereocenters. The van der Waals surface area contributed by atoms with Gasteiger partial charge in [0.05, 0.1) is 5.69 Å². The van der Waals surface area contributed by atoms with E-state index in [9.17, 15) is 9.59 Å². The molecule has 1 amide bonds. The van der Waals surface area contributed by atoms with Crippen molar-refractivity contribution in [1.82, 2.24) is 0 Å². The number of nitrogens with zero attached hydrogens (tertiary/aromatic N) is 1. The van der Waals surface area contributed by atoms with Crippen molar-refractivity contribution < 1.29 is 9.59 Å². The van der Waals surface area contributed by atoms with Crippen molar-refractivity contribution in [3.05, 3.63) is 89.0 Å². The van der Waals surface area contributed by atoms with Gasteiger partial charge < -0.3 is 10.2 Å². The highest BCUT2D eigenvalue weighted by molar-refractivity contribution is 7.99. The summed E-state index contributed by atoms with van der Waals surface area (Å²) in [5.74, 6) is 0.889. The number of carbonyl (C=O) groups is 2. The number of aryl methyl sites for hydroxylation is 1. The smallest absolute Gasteiger partial charge is 0.255 e. The SMILES string of the molecule is CC(=O)c1ccc(NC(=O)c2ccc3c(c2)N(Cc2ccc(C)cc2)CCS3)cc1. The Morgan fingerprint density at radius 1 is 0.967 bits per heavy atom. The third-order valence-corrected chi connectivity index (χ3v) is 6.27. The average molecular weight is 417 g/mol. The standard InChI is InChI=1S/C25H24N2O2S/c1-17-3-5-19(6-4-17)16-27-13-14-30-24-12-9-21(15-23(24)27)25(29)26-22-10-7-20(8-11-22)18(2)28/h3-12,15H,13-14,16H2,1-2H3,(H,26,29). The number of hydrogen-bond donors (Lipinski definition) is 1. The van der Waals surface area contributed by atoms with E-state index in [1.807, 2.05) is 30.0 Å². The number of ketones is 1. The molecule has 0 saturated carbocycles. The fourth-order valence-corrected chi connectivity index (χ4v) is 4.52. The molecule has 0 atom stereocenters. The van der Waals surface area contributed by atoms with E-state index in [0.717, 1.165) is 24.5 Å². The minimum absolute atomic E-state index is 0.00809. The third-order valence-electron chi connectivity index (χ3n) is 5.22. The normalized spacial score (nSPS) is 12.9. The van der Waals surface area contributed by atoms with E-state index in [0.29, 0.717) is 16.8 Å². The predicted octanol–water partition coefficient (Wildman–Crippen LogP) is 5.56. The van der Waals surface area contributed by atoms with Crippen LogP contribution < -0.4 is 10.2 Å². The summed E-state index contributed by atoms with van der Waals surface area (Å²) >= 11 is 1.83. The molecule has 0 saturated heterocycles. The van der Waals surface area contributed by atoms with E-state index >= 15 is 0 Å². The maximum Gasteiger partial charge on any atom is 0.255 e. The van der Waals surface area contributed by atoms with Crippen LogP contribution in [0.5, 0.6) is 0 Å². The zero-order chi connectivity index (χ0) is 21.1. The second kappa shape index (κ2) is 8.76. The zero-order valence-electron chi connectivity index (χ0n) is 17.1. The van der Waals surface area contributed by atoms with Crippen molar-refractivity contribution in [3.63, 3.8) is 0 Å². The molecule has 3 aromatic carbocycles. The first-order valence-corrected chi connectivity index (χ1v) is 11.0. The molecule has 1 aliphatic rings. The fraction of sp³-hybridized carbons (Fsp3) is 0.200. The lowest BCUT2D eigenvalue weighted by atomic mass is 10.1. The van der Waals surface area contributed by atoms with Gasteiger partial charge in [0.1, 0.15) is 0 Å². The van der Waals surface area contributed by atoms with Crippen LogP contribution in [0.2, 0.25) is 0 Å². The molecule has 30 heavy (non-hydrogen) atoms. The molecule has 0 fully saturated rings. The lowest BCUT2D eigenvalue weighted by Crippen LogP contribution is -2.29. The van der Waals surface area contributed by atoms with Crippen LogP contribution in [0.15, 0.2) is 71.6 Å². The van der Waals surface area contributed by atoms with Gasteiger partial charge in [-0.05, 0) is 61.9 Å². The predicted molar refractivity (Wildman–Crippen MR) is 124 cm³/mol. The highest BCUT2D eigenvalue weighted by Crippen LogP contribution is 2.36. The zero-order valence-corrected chi connectivity index (χ0v) is 18.0. The van der Waals surface area contributed by atoms with Crippen LogP contribution in [-0.2, 0) is 6.54 Å². The maximum absolute atomic E-state index is 12.8. The van der Waals surface area contributed by atoms with E-state index < -0.39 is 0 Å². The van der Waals surface area contributed by atoms with Crippen LogP contribution >= 0.6 is 11.8 Å². The number of benzene rings is 3. The van der Waals surface area contributed by atoms with E-state index in [1.54, 1.807) is 24.3 Å². The summed E-state index contributed by atoms with van der Waals surface area (Å²) in [6, 6.07) is 21.5. The molecule has 0 spiro atoms. The van der Waals surface area contributed by atoms with Crippen LogP contribution in [-0.4, -0.2) is 24.0 Å². The summed E-state index contributed by atoms with van der Waals surface area (Å²) < 4.78 is 0. The number of amides is 1. The second-order valence-electron chi connectivity index (χ2n) is 7.53. The van der Waals surface area contributed by atoms with Gasteiger partial charge in [-0.25, -0.2) is 0 Å². The third kappa shape index (κ3) is 4.57. The Hall–Kier alpha value is -3.05. The summed E-state index contributed by atoms with van der Waals surface area (Å²) in [5, 5.41) is 2.93. The quantitative estimate of drug-likeness (QED) is 0.553. The minimum Gasteiger partial charge on any atom is -0.365 e. The largest absolute Gasteiger partial charge is 0.365 e. The molecule has 0 bridgehead atoms. The highest BCUT2D eigenvalue weighted by Gasteiger charge is 2.20. The highest BCUT2D eigenvalue weighted by atomic mass is 32.2. The fourth-order valence-electron chi connectivity index (χ4n) is 3.48. The van der Waals surface area contributed by atoms with Crippen LogP contribution in [0.3, 0.4) is 0 Å². The van der Waals surface area contributed by atoms with Crippen molar-refractivity contribution in [3.8, 4) is 0 Å². The maximum atomic E-state index is 12.8. The Balaban J connectivity index is 1.53. The summed E-state index contributed by atoms with van der Waals surface area (Å²) in [6.45, 7) is 5.39. The monoisotopic (exact) mass is 416 g/mol. The van der Waals surface area contributed by atoms with Gasteiger partial charge in [0.2, 0.25) is 0 Å². The minimum atomic E-state index is -0.153. The Kier molecular flexibility index (Phi) is 5.91. The van der Waals surface area contributed by atoms with Crippen LogP contribution in [0.25, 0.3) is 0 Å². The Bertz CT molecular complexity index is 1080. The van der Waals surface area contributed by atoms with Gasteiger partial charge in [-0.15, -0.1) is 11.8 Å². The van der Waals surface area contributed by atoms with Crippen molar-refractivity contribution in [2.45, 2.75) is 25.3 Å². The van der Waals surface area contributed by atoms with Crippen LogP contribution in [0.4, 0.5) is 11.4 Å². The van der Waals surface area contributed by atoms with Gasteiger partial charge in [-0.2, -0.15) is 0 Å². The number of rotatable bonds is 5. The first-order valence-electron chi connectivity index (χ1n) is 9.99. The molecule has 3 aromatic rings. The number of carbonyl (C=O) groups excluding carboxylic acids is 2. The van der Waals surface area contributed by atoms with Gasteiger partial charge in [0.25, 0.3) is 5.91 Å². The van der Waals surface area contributed by atoms with E-state index in [4.69, 9.17) is 0 Å². The second-order valence-corrected chi connectivity index (χ2v) is 8.66. The number of thioether (sulfide) groups is 1. The van der Waals surface area contributed by atoms with Gasteiger partial charge in [-0.1, -0.05) is 29.8 Å². The van der Waals surface area contributed by atoms with Crippen molar-refractivity contribution in [2.24, 2.45) is 0 Å². The first-order chi connectivity index (χ1) is 14.5. The summed E-state index contributed by atoms with van der Waals surface area (Å²) in [6.07, 6.45) is 0. The topological polar surface area (TPSA) is 49.4 Å². The molecular weight excluding hydrogens is 392 g/mol. The van der Waals surface area contributed by atoms with Crippen molar-refractivity contribution >= 4 is 34.8 Å². The lowest BCUT2D eigenvalue weighted by Gasteiger charge is -2.31. The molecule has 0 radical (unpaired) electrons. The molecule has 1 aliphatic heterocycles. The Morgan fingerprint density at radius 2 is 1.67 bits per heavy atom. The molecule has 1 N–H and O–H groups in total. The lowest BCUT2D eigenvalue weighted by molar-refractivity contribution is 0.101. The molecule has 0 aliphatic carbocycles. The molecule has 152 valence electrons. The van der Waals surface area contributed by atoms with Gasteiger partial charge in [-0.3, -0.25) is 9.59 Å². The van der Waals surface area contributed by atoms with E-state index in [-0.39, 0.29) is 11.7 Å². The molecule has 0 aromatic heterocycles. The Morgan fingerprint density at radius 3 is 2.37 bits per heavy atom. The van der Waals surface area contributed by atoms with E-state index in [2.05, 4.69) is 41.4 Å². The average Bonchev–Trinajstić information content (AvgIpc) is 2.75. The number of Topliss-reactive ketones (excluding diaryl/α,β-unsaturated/α-hetero) is 1. The molecular formula is C25H24N2O2S. The summed E-state index contributed by atoms with van der Waals surface area (Å²) in [7, 11) is 0. The molecule has 5 heteroatoms. The summed E-state index contributed by atoms with van der Waals surface area (Å²) in [5.41, 5.74) is 5.55. The Labute approximate surface area is 181 Å². The van der Waals surface area contributed by atoms with Crippen molar-refractivity contribution in [2.75, 3.05) is 22.5 Å². The number of anilines is 2. The molecule has 1 heterocycles. The summed E-state index contributed by atoms with van der Waals surface area (Å²) in [4.78, 5) is 27.8. The number of hydrogen-bond acceptors (Lipinski definition) is 4. The van der Waals surface area contributed by atoms with Crippen LogP contribution in [0.1, 0.15) is 38.8 Å².